The van der Waals surface area contributed by atoms with Gasteiger partial charge in [0.15, 0.2) is 5.82 Å². The normalized spacial score (nSPS) is 10.2. The summed E-state index contributed by atoms with van der Waals surface area (Å²) < 4.78 is 0. The third kappa shape index (κ3) is 2.54. The van der Waals surface area contributed by atoms with Gasteiger partial charge in [-0.15, -0.1) is 11.3 Å². The zero-order valence-electron chi connectivity index (χ0n) is 7.64. The minimum Gasteiger partial charge on any atom is -0.394 e. The Bertz CT molecular complexity index is 444. The molecule has 0 saturated heterocycles. The first-order chi connectivity index (χ1) is 7.25. The summed E-state index contributed by atoms with van der Waals surface area (Å²) in [6.45, 7) is 0.570. The Labute approximate surface area is 95.3 Å². The number of hydrogen-bond donors (Lipinski definition) is 2. The Kier molecular flexibility index (Phi) is 2.98. The topological polar surface area (TPSA) is 76.7 Å². The highest BCUT2D eigenvalue weighted by Gasteiger charge is 2.03. The van der Waals surface area contributed by atoms with Gasteiger partial charge < -0.3 is 11.1 Å². The fourth-order valence-electron chi connectivity index (χ4n) is 1.01. The average Bonchev–Trinajstić information content (AvgIpc) is 2.72. The zero-order chi connectivity index (χ0) is 10.7. The summed E-state index contributed by atoms with van der Waals surface area (Å²) in [5, 5.41) is 5.16. The highest BCUT2D eigenvalue weighted by atomic mass is 35.5. The van der Waals surface area contributed by atoms with Crippen molar-refractivity contribution in [3.63, 3.8) is 0 Å². The second kappa shape index (κ2) is 4.41. The largest absolute Gasteiger partial charge is 0.394 e. The molecule has 2 aromatic heterocycles. The lowest BCUT2D eigenvalue weighted by molar-refractivity contribution is 1.04. The van der Waals surface area contributed by atoms with Gasteiger partial charge in [0.2, 0.25) is 5.28 Å². The molecule has 0 aromatic carbocycles. The molecule has 7 heteroatoms. The monoisotopic (exact) mass is 241 g/mol. The van der Waals surface area contributed by atoms with E-state index in [4.69, 9.17) is 17.3 Å². The van der Waals surface area contributed by atoms with Crippen molar-refractivity contribution >= 4 is 34.4 Å². The van der Waals surface area contributed by atoms with Crippen LogP contribution in [0, 0.1) is 0 Å². The molecule has 0 aliphatic carbocycles. The van der Waals surface area contributed by atoms with Crippen molar-refractivity contribution in [3.05, 3.63) is 28.1 Å². The highest BCUT2D eigenvalue weighted by molar-refractivity contribution is 7.07. The van der Waals surface area contributed by atoms with Crippen LogP contribution >= 0.6 is 22.9 Å². The first-order valence-electron chi connectivity index (χ1n) is 4.14. The Morgan fingerprint density at radius 1 is 1.47 bits per heavy atom. The van der Waals surface area contributed by atoms with Crippen LogP contribution in [0.3, 0.4) is 0 Å². The molecule has 0 amide bonds. The van der Waals surface area contributed by atoms with Gasteiger partial charge in [-0.1, -0.05) is 0 Å². The minimum absolute atomic E-state index is 0.171. The second-order valence-corrected chi connectivity index (χ2v) is 3.83. The summed E-state index contributed by atoms with van der Waals surface area (Å²) in [6, 6.07) is 0. The van der Waals surface area contributed by atoms with Crippen molar-refractivity contribution in [3.8, 4) is 0 Å². The third-order valence-electron chi connectivity index (χ3n) is 1.71. The molecule has 5 nitrogen and oxygen atoms in total. The lowest BCUT2D eigenvalue weighted by Gasteiger charge is -2.05. The van der Waals surface area contributed by atoms with E-state index in [1.54, 1.807) is 16.8 Å². The smallest absolute Gasteiger partial charge is 0.224 e. The molecule has 15 heavy (non-hydrogen) atoms. The quantitative estimate of drug-likeness (QED) is 0.801. The van der Waals surface area contributed by atoms with Crippen LogP contribution < -0.4 is 11.1 Å². The van der Waals surface area contributed by atoms with E-state index in [2.05, 4.69) is 20.3 Å². The van der Waals surface area contributed by atoms with E-state index >= 15 is 0 Å². The fourth-order valence-corrected chi connectivity index (χ4v) is 1.70. The molecule has 0 fully saturated rings. The lowest BCUT2D eigenvalue weighted by Crippen LogP contribution is -2.05. The Morgan fingerprint density at radius 3 is 3.07 bits per heavy atom. The Hall–Kier alpha value is -1.40. The van der Waals surface area contributed by atoms with E-state index in [0.717, 1.165) is 5.69 Å². The molecule has 0 radical (unpaired) electrons. The van der Waals surface area contributed by atoms with Crippen molar-refractivity contribution in [2.24, 2.45) is 0 Å². The second-order valence-electron chi connectivity index (χ2n) is 2.78. The van der Waals surface area contributed by atoms with Gasteiger partial charge in [-0.05, 0) is 11.6 Å². The predicted molar refractivity (Wildman–Crippen MR) is 60.9 cm³/mol. The average molecular weight is 242 g/mol. The predicted octanol–water partition coefficient (Wildman–Crippen LogP) is 1.78. The van der Waals surface area contributed by atoms with Crippen LogP contribution in [0.25, 0.3) is 0 Å². The molecule has 2 rings (SSSR count). The van der Waals surface area contributed by atoms with Gasteiger partial charge in [-0.2, -0.15) is 4.98 Å². The molecule has 0 aliphatic heterocycles. The molecule has 0 spiro atoms. The van der Waals surface area contributed by atoms with Gasteiger partial charge in [-0.3, -0.25) is 0 Å². The van der Waals surface area contributed by atoms with Crippen molar-refractivity contribution in [1.82, 2.24) is 15.0 Å². The van der Waals surface area contributed by atoms with E-state index in [9.17, 15) is 0 Å². The number of rotatable bonds is 3. The maximum absolute atomic E-state index is 5.66. The van der Waals surface area contributed by atoms with Crippen molar-refractivity contribution in [2.45, 2.75) is 6.54 Å². The maximum Gasteiger partial charge on any atom is 0.224 e. The zero-order valence-corrected chi connectivity index (χ0v) is 9.22. The number of nitrogens with two attached hydrogens (primary N) is 1. The van der Waals surface area contributed by atoms with Crippen LogP contribution in [0.5, 0.6) is 0 Å². The van der Waals surface area contributed by atoms with E-state index in [0.29, 0.717) is 18.1 Å². The van der Waals surface area contributed by atoms with Crippen LogP contribution in [0.4, 0.5) is 11.5 Å². The first-order valence-corrected chi connectivity index (χ1v) is 5.47. The molecule has 0 unspecified atom stereocenters. The summed E-state index contributed by atoms with van der Waals surface area (Å²) in [6.07, 6.45) is 1.47. The Balaban J connectivity index is 2.07. The van der Waals surface area contributed by atoms with E-state index in [1.165, 1.54) is 6.20 Å². The van der Waals surface area contributed by atoms with E-state index in [-0.39, 0.29) is 5.28 Å². The fraction of sp³-hybridized carbons (Fsp3) is 0.125. The Morgan fingerprint density at radius 2 is 2.33 bits per heavy atom. The number of nitrogens with zero attached hydrogens (tertiary/aromatic N) is 3. The van der Waals surface area contributed by atoms with Crippen molar-refractivity contribution in [1.29, 1.82) is 0 Å². The first kappa shape index (κ1) is 10.1. The number of nitrogen functional groups attached to an aromatic ring is 1. The SMILES string of the molecule is Nc1cnc(Cl)nc1NCc1cscn1. The molecule has 0 saturated carbocycles. The summed E-state index contributed by atoms with van der Waals surface area (Å²) in [5.41, 5.74) is 8.84. The van der Waals surface area contributed by atoms with Gasteiger partial charge in [0, 0.05) is 5.38 Å². The van der Waals surface area contributed by atoms with Gasteiger partial charge in [0.25, 0.3) is 0 Å². The number of hydrogen-bond acceptors (Lipinski definition) is 6. The van der Waals surface area contributed by atoms with Crippen molar-refractivity contribution in [2.75, 3.05) is 11.1 Å². The third-order valence-corrected chi connectivity index (χ3v) is 2.53. The maximum atomic E-state index is 5.66. The van der Waals surface area contributed by atoms with Gasteiger partial charge >= 0.3 is 0 Å². The molecule has 2 heterocycles. The van der Waals surface area contributed by atoms with Gasteiger partial charge in [0.1, 0.15) is 0 Å². The van der Waals surface area contributed by atoms with Crippen molar-refractivity contribution < 1.29 is 0 Å². The number of anilines is 2. The molecule has 78 valence electrons. The van der Waals surface area contributed by atoms with Crippen LogP contribution in [0.1, 0.15) is 5.69 Å². The highest BCUT2D eigenvalue weighted by Crippen LogP contribution is 2.16. The van der Waals surface area contributed by atoms with E-state index in [1.807, 2.05) is 5.38 Å². The van der Waals surface area contributed by atoms with Crippen LogP contribution in [-0.2, 0) is 6.54 Å². The summed E-state index contributed by atoms with van der Waals surface area (Å²) in [5.74, 6) is 0.531. The molecule has 0 bridgehead atoms. The number of aromatic nitrogens is 3. The molecule has 3 N–H and O–H groups in total. The molecule has 0 atom stereocenters. The number of thiazole rings is 1. The summed E-state index contributed by atoms with van der Waals surface area (Å²) in [4.78, 5) is 11.8. The molecule has 2 aromatic rings. The summed E-state index contributed by atoms with van der Waals surface area (Å²) >= 11 is 7.19. The number of halogens is 1. The van der Waals surface area contributed by atoms with Gasteiger partial charge in [-0.25, -0.2) is 9.97 Å². The van der Waals surface area contributed by atoms with Crippen LogP contribution in [-0.4, -0.2) is 15.0 Å². The molecular formula is C8H8ClN5S. The lowest BCUT2D eigenvalue weighted by atomic mass is 10.4. The van der Waals surface area contributed by atoms with Gasteiger partial charge in [0.05, 0.1) is 29.6 Å². The standard InChI is InChI=1S/C8H8ClN5S/c9-8-12-2-6(10)7(14-8)11-1-5-3-15-4-13-5/h2-4H,1,10H2,(H,11,12,14). The summed E-state index contributed by atoms with van der Waals surface area (Å²) in [7, 11) is 0. The minimum atomic E-state index is 0.171. The molecular weight excluding hydrogens is 234 g/mol. The molecule has 0 aliphatic rings. The number of nitrogens with one attached hydrogen (secondary N) is 1. The van der Waals surface area contributed by atoms with E-state index < -0.39 is 0 Å². The van der Waals surface area contributed by atoms with Crippen LogP contribution in [0.15, 0.2) is 17.1 Å². The van der Waals surface area contributed by atoms with Crippen LogP contribution in [0.2, 0.25) is 5.28 Å².